The smallest absolute Gasteiger partial charge is 0.548 e. The molecular formula is C27H29F3N5NaO4. The maximum Gasteiger partial charge on any atom is 1.00 e. The molecule has 1 N–H and O–H groups in total. The molecule has 0 spiro atoms. The van der Waals surface area contributed by atoms with E-state index in [-0.39, 0.29) is 61.0 Å². The van der Waals surface area contributed by atoms with Gasteiger partial charge in [-0.3, -0.25) is 14.5 Å². The molecule has 1 aliphatic heterocycles. The number of nitrogens with zero attached hydrogens (tertiary/aromatic N) is 4. The van der Waals surface area contributed by atoms with Gasteiger partial charge in [-0.25, -0.2) is 9.88 Å². The minimum atomic E-state index is -5.21. The summed E-state index contributed by atoms with van der Waals surface area (Å²) in [5.74, 6) is -3.58. The van der Waals surface area contributed by atoms with E-state index in [1.54, 1.807) is 16.0 Å². The Hall–Kier alpha value is -2.93. The van der Waals surface area contributed by atoms with Crippen molar-refractivity contribution in [3.63, 3.8) is 0 Å². The van der Waals surface area contributed by atoms with Crippen molar-refractivity contribution in [1.82, 2.24) is 24.7 Å². The Kier molecular flexibility index (Phi) is 10.8. The molecule has 1 unspecified atom stereocenters. The number of fused-ring (bicyclic) bond motifs is 1. The van der Waals surface area contributed by atoms with Crippen LogP contribution in [-0.2, 0) is 27.3 Å². The Balaban J connectivity index is 0.00000441. The van der Waals surface area contributed by atoms with E-state index in [1.165, 1.54) is 6.33 Å². The molecule has 208 valence electrons. The van der Waals surface area contributed by atoms with Gasteiger partial charge in [0.2, 0.25) is 11.8 Å². The number of likely N-dealkylation sites (tertiary alicyclic amines) is 1. The van der Waals surface area contributed by atoms with Crippen LogP contribution >= 0.6 is 0 Å². The zero-order chi connectivity index (χ0) is 28.2. The van der Waals surface area contributed by atoms with E-state index in [4.69, 9.17) is 0 Å². The van der Waals surface area contributed by atoms with Crippen molar-refractivity contribution in [3.8, 4) is 0 Å². The van der Waals surface area contributed by atoms with Crippen LogP contribution in [0.4, 0.5) is 13.2 Å². The number of nitrogens with one attached hydrogen (secondary N) is 1. The van der Waals surface area contributed by atoms with Crippen LogP contribution in [0.15, 0.2) is 55.0 Å². The molecule has 0 radical (unpaired) electrons. The zero-order valence-electron chi connectivity index (χ0n) is 22.4. The van der Waals surface area contributed by atoms with Crippen LogP contribution in [0.2, 0.25) is 0 Å². The Morgan fingerprint density at radius 2 is 1.90 bits per heavy atom. The second-order valence-electron chi connectivity index (χ2n) is 9.65. The first-order valence-corrected chi connectivity index (χ1v) is 12.6. The van der Waals surface area contributed by atoms with E-state index in [2.05, 4.69) is 9.97 Å². The first kappa shape index (κ1) is 31.6. The number of H-pyrrole nitrogens is 1. The molecule has 2 aromatic carbocycles. The summed E-state index contributed by atoms with van der Waals surface area (Å²) in [5.41, 5.74) is 1.37. The van der Waals surface area contributed by atoms with Gasteiger partial charge in [0.1, 0.15) is 0 Å². The first-order valence-electron chi connectivity index (χ1n) is 12.6. The predicted molar refractivity (Wildman–Crippen MR) is 134 cm³/mol. The van der Waals surface area contributed by atoms with Crippen LogP contribution in [-0.4, -0.2) is 80.5 Å². The number of alkyl halides is 3. The summed E-state index contributed by atoms with van der Waals surface area (Å²) in [5, 5.41) is 13.1. The number of carbonyl (C=O) groups is 3. The van der Waals surface area contributed by atoms with E-state index in [0.717, 1.165) is 23.3 Å². The van der Waals surface area contributed by atoms with E-state index in [9.17, 15) is 32.7 Å². The molecule has 1 aliphatic rings. The standard InChI is InChI=1S/C27H30F3N5O4.Na/c1-18(26(38)39)35(27(28,29)30)25(37)16-33(14-20-8-4-7-19-6-2-3-10-23(19)20)15-22-9-5-11-34(22)24(36)12-21-13-31-17-32-21;/h2-4,6-8,10,13,17-18,22H,5,9,11-12,14-16H2,1H3,(H,31,32)(H,38,39);/q;+1/p-1/t18-,22?;/m0./s1. The molecule has 2 heterocycles. The van der Waals surface area contributed by atoms with Crippen LogP contribution in [0.3, 0.4) is 0 Å². The van der Waals surface area contributed by atoms with Crippen LogP contribution in [0.1, 0.15) is 31.0 Å². The number of benzene rings is 2. The number of rotatable bonds is 10. The quantitative estimate of drug-likeness (QED) is 0.251. The topological polar surface area (TPSA) is 113 Å². The van der Waals surface area contributed by atoms with E-state index in [1.807, 2.05) is 42.5 Å². The fourth-order valence-electron chi connectivity index (χ4n) is 5.10. The molecule has 1 aromatic heterocycles. The molecule has 3 aromatic rings. The van der Waals surface area contributed by atoms with Gasteiger partial charge in [-0.05, 0) is 36.1 Å². The van der Waals surface area contributed by atoms with Crippen LogP contribution in [0.5, 0.6) is 0 Å². The fraction of sp³-hybridized carbons (Fsp3) is 0.407. The molecule has 13 heteroatoms. The van der Waals surface area contributed by atoms with Crippen molar-refractivity contribution in [1.29, 1.82) is 0 Å². The van der Waals surface area contributed by atoms with Gasteiger partial charge in [0, 0.05) is 31.9 Å². The summed E-state index contributed by atoms with van der Waals surface area (Å²) in [7, 11) is 0. The van der Waals surface area contributed by atoms with Crippen molar-refractivity contribution >= 4 is 28.6 Å². The number of hydrogen-bond acceptors (Lipinski definition) is 6. The number of aromatic nitrogens is 2. The maximum absolute atomic E-state index is 13.8. The zero-order valence-corrected chi connectivity index (χ0v) is 24.4. The van der Waals surface area contributed by atoms with Gasteiger partial charge in [0.15, 0.2) is 0 Å². The number of amides is 2. The number of carboxylic acids is 1. The number of halogens is 3. The normalized spacial score (nSPS) is 16.1. The van der Waals surface area contributed by atoms with Crippen molar-refractivity contribution in [3.05, 3.63) is 66.2 Å². The molecule has 9 nitrogen and oxygen atoms in total. The van der Waals surface area contributed by atoms with Gasteiger partial charge < -0.3 is 19.8 Å². The van der Waals surface area contributed by atoms with Crippen molar-refractivity contribution < 1.29 is 62.2 Å². The van der Waals surface area contributed by atoms with Gasteiger partial charge in [-0.15, -0.1) is 13.2 Å². The molecule has 0 saturated carbocycles. The van der Waals surface area contributed by atoms with Gasteiger partial charge in [0.25, 0.3) is 0 Å². The number of carboxylic acid groups (broad SMARTS) is 1. The third-order valence-corrected chi connectivity index (χ3v) is 6.96. The van der Waals surface area contributed by atoms with E-state index in [0.29, 0.717) is 25.1 Å². The number of carbonyl (C=O) groups excluding carboxylic acids is 3. The van der Waals surface area contributed by atoms with Crippen molar-refractivity contribution in [2.75, 3.05) is 19.6 Å². The third kappa shape index (κ3) is 7.62. The monoisotopic (exact) mass is 567 g/mol. The molecule has 1 fully saturated rings. The minimum absolute atomic E-state index is 0. The fourth-order valence-corrected chi connectivity index (χ4v) is 5.10. The molecule has 2 atom stereocenters. The Morgan fingerprint density at radius 1 is 1.18 bits per heavy atom. The summed E-state index contributed by atoms with van der Waals surface area (Å²) in [6.45, 7) is 0.809. The van der Waals surface area contributed by atoms with Crippen molar-refractivity contribution in [2.24, 2.45) is 0 Å². The van der Waals surface area contributed by atoms with Gasteiger partial charge in [-0.1, -0.05) is 42.5 Å². The van der Waals surface area contributed by atoms with E-state index < -0.39 is 35.7 Å². The molecule has 1 saturated heterocycles. The predicted octanol–water partition coefficient (Wildman–Crippen LogP) is -0.911. The van der Waals surface area contributed by atoms with Crippen molar-refractivity contribution in [2.45, 2.75) is 51.1 Å². The molecular weight excluding hydrogens is 538 g/mol. The molecule has 40 heavy (non-hydrogen) atoms. The summed E-state index contributed by atoms with van der Waals surface area (Å²) >= 11 is 0. The molecule has 4 rings (SSSR count). The average molecular weight is 568 g/mol. The summed E-state index contributed by atoms with van der Waals surface area (Å²) in [4.78, 5) is 46.8. The minimum Gasteiger partial charge on any atom is -0.548 e. The summed E-state index contributed by atoms with van der Waals surface area (Å²) in [6.07, 6.45) is -0.706. The SMILES string of the molecule is C[C@@H](C(=O)[O-])N(C(=O)CN(Cc1cccc2ccccc12)CC1CCCN1C(=O)Cc1c[nH]cn1)C(F)(F)F.[Na+]. The largest absolute Gasteiger partial charge is 1.00 e. The molecule has 0 aliphatic carbocycles. The number of imidazole rings is 1. The van der Waals surface area contributed by atoms with Crippen LogP contribution in [0.25, 0.3) is 10.8 Å². The second kappa shape index (κ2) is 13.6. The van der Waals surface area contributed by atoms with E-state index >= 15 is 0 Å². The van der Waals surface area contributed by atoms with Crippen LogP contribution in [0, 0.1) is 0 Å². The summed E-state index contributed by atoms with van der Waals surface area (Å²) in [6, 6.07) is 10.6. The molecule has 2 amide bonds. The maximum atomic E-state index is 13.8. The summed E-state index contributed by atoms with van der Waals surface area (Å²) < 4.78 is 41.3. The number of aromatic amines is 1. The molecule has 0 bridgehead atoms. The van der Waals surface area contributed by atoms with Gasteiger partial charge in [0.05, 0.1) is 37.0 Å². The average Bonchev–Trinajstić information content (AvgIpc) is 3.55. The van der Waals surface area contributed by atoms with Gasteiger partial charge in [-0.2, -0.15) is 0 Å². The number of aliphatic carboxylic acids is 1. The van der Waals surface area contributed by atoms with Gasteiger partial charge >= 0.3 is 35.9 Å². The Labute approximate surface area is 251 Å². The third-order valence-electron chi connectivity index (χ3n) is 6.96. The Morgan fingerprint density at radius 3 is 2.58 bits per heavy atom. The first-order chi connectivity index (χ1) is 18.5. The number of hydrogen-bond donors (Lipinski definition) is 1. The Bertz CT molecular complexity index is 1320. The van der Waals surface area contributed by atoms with Crippen LogP contribution < -0.4 is 34.7 Å². The second-order valence-corrected chi connectivity index (χ2v) is 9.65.